The van der Waals surface area contributed by atoms with Crippen LogP contribution in [0.4, 0.5) is 19.0 Å². The van der Waals surface area contributed by atoms with Crippen LogP contribution in [0.5, 0.6) is 5.75 Å². The van der Waals surface area contributed by atoms with Crippen molar-refractivity contribution >= 4 is 34.7 Å². The Morgan fingerprint density at radius 2 is 1.94 bits per heavy atom. The van der Waals surface area contributed by atoms with Crippen LogP contribution < -0.4 is 9.64 Å². The van der Waals surface area contributed by atoms with E-state index in [4.69, 9.17) is 16.3 Å². The Balaban J connectivity index is 1.37. The van der Waals surface area contributed by atoms with Gasteiger partial charge in [-0.3, -0.25) is 4.79 Å². The first kappa shape index (κ1) is 22.3. The molecule has 168 valence electrons. The lowest BCUT2D eigenvalue weighted by Crippen LogP contribution is -2.49. The molecule has 1 aliphatic rings. The van der Waals surface area contributed by atoms with Gasteiger partial charge in [0.2, 0.25) is 0 Å². The molecule has 0 bridgehead atoms. The number of halogens is 4. The van der Waals surface area contributed by atoms with Crippen molar-refractivity contribution in [2.75, 3.05) is 31.1 Å². The highest BCUT2D eigenvalue weighted by atomic mass is 35.5. The summed E-state index contributed by atoms with van der Waals surface area (Å²) >= 11 is 7.53. The minimum Gasteiger partial charge on any atom is -0.487 e. The molecule has 0 atom stereocenters. The predicted molar refractivity (Wildman–Crippen MR) is 115 cm³/mol. The van der Waals surface area contributed by atoms with Crippen molar-refractivity contribution in [1.29, 1.82) is 0 Å². The molecule has 0 radical (unpaired) electrons. The Morgan fingerprint density at radius 1 is 1.16 bits per heavy atom. The summed E-state index contributed by atoms with van der Waals surface area (Å²) in [5.74, 6) is 0.711. The molecule has 3 heterocycles. The number of pyridine rings is 1. The maximum Gasteiger partial charge on any atom is 0.417 e. The number of hydrogen-bond acceptors (Lipinski definition) is 6. The molecule has 3 aromatic rings. The average molecular weight is 483 g/mol. The van der Waals surface area contributed by atoms with Gasteiger partial charge in [-0.15, -0.1) is 11.3 Å². The molecular weight excluding hydrogens is 465 g/mol. The molecule has 0 N–H and O–H groups in total. The van der Waals surface area contributed by atoms with Gasteiger partial charge in [0.1, 0.15) is 18.2 Å². The first-order valence-electron chi connectivity index (χ1n) is 9.68. The van der Waals surface area contributed by atoms with E-state index >= 15 is 0 Å². The van der Waals surface area contributed by atoms with Gasteiger partial charge in [-0.2, -0.15) is 13.2 Å². The van der Waals surface area contributed by atoms with Crippen molar-refractivity contribution in [2.45, 2.75) is 12.8 Å². The number of carbonyl (C=O) groups is 1. The normalized spacial score (nSPS) is 14.5. The lowest BCUT2D eigenvalue weighted by molar-refractivity contribution is -0.137. The second-order valence-corrected chi connectivity index (χ2v) is 8.23. The fraction of sp³-hybridized carbons (Fsp3) is 0.286. The van der Waals surface area contributed by atoms with E-state index in [-0.39, 0.29) is 16.7 Å². The summed E-state index contributed by atoms with van der Waals surface area (Å²) in [4.78, 5) is 24.5. The molecular formula is C21H18ClF3N4O2S. The summed E-state index contributed by atoms with van der Waals surface area (Å²) in [5.41, 5.74) is 2.15. The van der Waals surface area contributed by atoms with Crippen molar-refractivity contribution in [3.8, 4) is 5.75 Å². The van der Waals surface area contributed by atoms with Gasteiger partial charge in [-0.25, -0.2) is 9.97 Å². The highest BCUT2D eigenvalue weighted by Gasteiger charge is 2.32. The van der Waals surface area contributed by atoms with E-state index in [0.29, 0.717) is 44.1 Å². The minimum absolute atomic E-state index is 0.0652. The van der Waals surface area contributed by atoms with Gasteiger partial charge in [0.25, 0.3) is 5.91 Å². The third-order valence-electron chi connectivity index (χ3n) is 4.97. The van der Waals surface area contributed by atoms with Gasteiger partial charge in [-0.1, -0.05) is 17.7 Å². The smallest absolute Gasteiger partial charge is 0.417 e. The van der Waals surface area contributed by atoms with E-state index < -0.39 is 11.7 Å². The largest absolute Gasteiger partial charge is 0.487 e. The van der Waals surface area contributed by atoms with E-state index in [9.17, 15) is 18.0 Å². The van der Waals surface area contributed by atoms with Crippen molar-refractivity contribution < 1.29 is 22.7 Å². The summed E-state index contributed by atoms with van der Waals surface area (Å²) in [6.07, 6.45) is -3.73. The number of benzene rings is 1. The molecule has 0 spiro atoms. The van der Waals surface area contributed by atoms with Crippen molar-refractivity contribution in [1.82, 2.24) is 14.9 Å². The van der Waals surface area contributed by atoms with Crippen LogP contribution in [-0.2, 0) is 12.8 Å². The highest BCUT2D eigenvalue weighted by molar-refractivity contribution is 7.07. The number of rotatable bonds is 5. The van der Waals surface area contributed by atoms with E-state index in [1.54, 1.807) is 39.6 Å². The lowest BCUT2D eigenvalue weighted by atomic mass is 10.1. The van der Waals surface area contributed by atoms with Crippen molar-refractivity contribution in [3.05, 3.63) is 69.3 Å². The third-order valence-corrected chi connectivity index (χ3v) is 5.88. The third kappa shape index (κ3) is 5.13. The monoisotopic (exact) mass is 482 g/mol. The molecule has 0 saturated carbocycles. The number of thiazole rings is 1. The van der Waals surface area contributed by atoms with Crippen LogP contribution in [0.3, 0.4) is 0 Å². The standard InChI is InChI=1S/C21H18ClF3N4O2S/c22-18-9-15(21(23,24)25)10-26-19(18)28-4-6-29(7-5-28)20(30)14-2-1-3-17(8-14)31-11-16-12-32-13-27-16/h1-3,8-10,12-13H,4-7,11H2. The SMILES string of the molecule is O=C(c1cccc(OCc2cscn2)c1)N1CCN(c2ncc(C(F)(F)F)cc2Cl)CC1. The molecule has 32 heavy (non-hydrogen) atoms. The molecule has 11 heteroatoms. The lowest BCUT2D eigenvalue weighted by Gasteiger charge is -2.36. The Hall–Kier alpha value is -2.85. The Morgan fingerprint density at radius 3 is 2.59 bits per heavy atom. The second kappa shape index (κ2) is 9.33. The minimum atomic E-state index is -4.50. The van der Waals surface area contributed by atoms with Gasteiger partial charge in [0.05, 0.1) is 21.8 Å². The van der Waals surface area contributed by atoms with Gasteiger partial charge < -0.3 is 14.5 Å². The maximum absolute atomic E-state index is 12.9. The number of ether oxygens (including phenoxy) is 1. The fourth-order valence-corrected chi connectivity index (χ4v) is 4.14. The number of anilines is 1. The van der Waals surface area contributed by atoms with Crippen LogP contribution in [0.15, 0.2) is 47.4 Å². The average Bonchev–Trinajstić information content (AvgIpc) is 3.31. The second-order valence-electron chi connectivity index (χ2n) is 7.10. The molecule has 0 unspecified atom stereocenters. The van der Waals surface area contributed by atoms with Crippen LogP contribution >= 0.6 is 22.9 Å². The zero-order chi connectivity index (χ0) is 22.7. The highest BCUT2D eigenvalue weighted by Crippen LogP contribution is 2.33. The van der Waals surface area contributed by atoms with Gasteiger partial charge >= 0.3 is 6.18 Å². The number of carbonyl (C=O) groups excluding carboxylic acids is 1. The van der Waals surface area contributed by atoms with Crippen LogP contribution in [0.25, 0.3) is 0 Å². The summed E-state index contributed by atoms with van der Waals surface area (Å²) in [7, 11) is 0. The van der Waals surface area contributed by atoms with Gasteiger partial charge in [0, 0.05) is 43.3 Å². The molecule has 2 aromatic heterocycles. The molecule has 0 aliphatic carbocycles. The molecule has 1 saturated heterocycles. The van der Waals surface area contributed by atoms with E-state index in [1.807, 2.05) is 5.38 Å². The van der Waals surface area contributed by atoms with Crippen LogP contribution in [-0.4, -0.2) is 47.0 Å². The van der Waals surface area contributed by atoms with Crippen LogP contribution in [0, 0.1) is 0 Å². The number of aromatic nitrogens is 2. The molecule has 1 aromatic carbocycles. The summed E-state index contributed by atoms with van der Waals surface area (Å²) in [5, 5.41) is 1.83. The first-order valence-corrected chi connectivity index (χ1v) is 11.0. The quantitative estimate of drug-likeness (QED) is 0.525. The Labute approximate surface area is 191 Å². The number of hydrogen-bond donors (Lipinski definition) is 0. The predicted octanol–water partition coefficient (Wildman–Crippen LogP) is 4.75. The van der Waals surface area contributed by atoms with E-state index in [0.717, 1.165) is 18.0 Å². The molecule has 4 rings (SSSR count). The molecule has 6 nitrogen and oxygen atoms in total. The first-order chi connectivity index (χ1) is 15.3. The zero-order valence-corrected chi connectivity index (χ0v) is 18.3. The van der Waals surface area contributed by atoms with Gasteiger partial charge in [-0.05, 0) is 24.3 Å². The van der Waals surface area contributed by atoms with Crippen LogP contribution in [0.2, 0.25) is 5.02 Å². The summed E-state index contributed by atoms with van der Waals surface area (Å²) < 4.78 is 44.2. The van der Waals surface area contributed by atoms with E-state index in [2.05, 4.69) is 9.97 Å². The van der Waals surface area contributed by atoms with Crippen molar-refractivity contribution in [2.24, 2.45) is 0 Å². The summed E-state index contributed by atoms with van der Waals surface area (Å²) in [6, 6.07) is 7.82. The molecule has 1 amide bonds. The molecule has 1 fully saturated rings. The topological polar surface area (TPSA) is 58.6 Å². The van der Waals surface area contributed by atoms with Crippen LogP contribution in [0.1, 0.15) is 21.6 Å². The Bertz CT molecular complexity index is 1090. The maximum atomic E-state index is 12.9. The number of piperazine rings is 1. The molecule has 1 aliphatic heterocycles. The van der Waals surface area contributed by atoms with Gasteiger partial charge in [0.15, 0.2) is 0 Å². The summed E-state index contributed by atoms with van der Waals surface area (Å²) in [6.45, 7) is 1.91. The Kier molecular flexibility index (Phi) is 6.52. The van der Waals surface area contributed by atoms with E-state index in [1.165, 1.54) is 11.3 Å². The van der Waals surface area contributed by atoms with Crippen molar-refractivity contribution in [3.63, 3.8) is 0 Å². The zero-order valence-electron chi connectivity index (χ0n) is 16.7. The number of amides is 1. The number of alkyl halides is 3. The fourth-order valence-electron chi connectivity index (χ4n) is 3.31. The number of nitrogens with zero attached hydrogens (tertiary/aromatic N) is 4.